The third kappa shape index (κ3) is 2.60. The molecule has 2 rings (SSSR count). The van der Waals surface area contributed by atoms with Gasteiger partial charge < -0.3 is 14.6 Å². The lowest BCUT2D eigenvalue weighted by molar-refractivity contribution is 0.0434. The average molecular weight is 246 g/mol. The molecule has 0 saturated carbocycles. The number of methoxy groups -OCH3 is 1. The Balaban J connectivity index is 2.30. The van der Waals surface area contributed by atoms with Gasteiger partial charge in [-0.3, -0.25) is 0 Å². The van der Waals surface area contributed by atoms with Crippen molar-refractivity contribution >= 4 is 16.7 Å². The molecule has 2 aromatic rings. The maximum atomic E-state index is 11.6. The minimum Gasteiger partial charge on any atom is -0.497 e. The van der Waals surface area contributed by atoms with Gasteiger partial charge in [-0.15, -0.1) is 0 Å². The van der Waals surface area contributed by atoms with Crippen LogP contribution < -0.4 is 4.74 Å². The Bertz CT molecular complexity index is 563. The number of aliphatic hydroxyl groups is 1. The Morgan fingerprint density at radius 2 is 1.89 bits per heavy atom. The van der Waals surface area contributed by atoms with Gasteiger partial charge in [0.1, 0.15) is 12.4 Å². The molecule has 0 aliphatic rings. The quantitative estimate of drug-likeness (QED) is 0.838. The van der Waals surface area contributed by atoms with Crippen LogP contribution in [0, 0.1) is 0 Å². The van der Waals surface area contributed by atoms with Crippen molar-refractivity contribution in [1.82, 2.24) is 0 Å². The summed E-state index contributed by atoms with van der Waals surface area (Å²) in [5.41, 5.74) is 0.473. The van der Waals surface area contributed by atoms with Crippen molar-refractivity contribution in [1.29, 1.82) is 0 Å². The van der Waals surface area contributed by atoms with Crippen LogP contribution in [-0.4, -0.2) is 31.4 Å². The molecule has 0 fully saturated rings. The number of esters is 1. The molecule has 0 aliphatic carbocycles. The minimum absolute atomic E-state index is 0.0134. The summed E-state index contributed by atoms with van der Waals surface area (Å²) in [6.45, 7) is -0.157. The monoisotopic (exact) mass is 246 g/mol. The number of carbonyl (C=O) groups excluding carboxylic acids is 1. The van der Waals surface area contributed by atoms with Crippen LogP contribution >= 0.6 is 0 Å². The Hall–Kier alpha value is -2.07. The Morgan fingerprint density at radius 3 is 2.61 bits per heavy atom. The van der Waals surface area contributed by atoms with Crippen molar-refractivity contribution < 1.29 is 19.4 Å². The van der Waals surface area contributed by atoms with Gasteiger partial charge in [0.05, 0.1) is 19.3 Å². The highest BCUT2D eigenvalue weighted by atomic mass is 16.5. The molecule has 4 nitrogen and oxygen atoms in total. The van der Waals surface area contributed by atoms with E-state index in [0.29, 0.717) is 5.56 Å². The van der Waals surface area contributed by atoms with E-state index in [1.807, 2.05) is 24.3 Å². The van der Waals surface area contributed by atoms with Crippen molar-refractivity contribution in [2.45, 2.75) is 0 Å². The van der Waals surface area contributed by atoms with Crippen LogP contribution in [0.25, 0.3) is 10.8 Å². The minimum atomic E-state index is -0.429. The molecule has 0 aliphatic heterocycles. The van der Waals surface area contributed by atoms with Gasteiger partial charge in [0.2, 0.25) is 0 Å². The van der Waals surface area contributed by atoms with E-state index < -0.39 is 5.97 Å². The van der Waals surface area contributed by atoms with E-state index in [4.69, 9.17) is 14.6 Å². The average Bonchev–Trinajstić information content (AvgIpc) is 2.43. The number of hydrogen-bond acceptors (Lipinski definition) is 4. The standard InChI is InChI=1S/C14H14O4/c1-17-13-5-4-10-8-12(3-2-11(10)9-13)14(16)18-7-6-15/h2-5,8-9,15H,6-7H2,1H3. The zero-order chi connectivity index (χ0) is 13.0. The maximum Gasteiger partial charge on any atom is 0.338 e. The van der Waals surface area contributed by atoms with Gasteiger partial charge in [-0.1, -0.05) is 12.1 Å². The number of fused-ring (bicyclic) bond motifs is 1. The molecular formula is C14H14O4. The van der Waals surface area contributed by atoms with Gasteiger partial charge >= 0.3 is 5.97 Å². The van der Waals surface area contributed by atoms with Crippen LogP contribution in [0.15, 0.2) is 36.4 Å². The summed E-state index contributed by atoms with van der Waals surface area (Å²) in [4.78, 5) is 11.6. The van der Waals surface area contributed by atoms with Crippen LogP contribution in [0.2, 0.25) is 0 Å². The molecule has 0 aromatic heterocycles. The third-order valence-corrected chi connectivity index (χ3v) is 2.61. The SMILES string of the molecule is COc1ccc2cc(C(=O)OCCO)ccc2c1. The molecule has 0 atom stereocenters. The topological polar surface area (TPSA) is 55.8 Å². The molecule has 0 unspecified atom stereocenters. The van der Waals surface area contributed by atoms with Crippen LogP contribution in [0.1, 0.15) is 10.4 Å². The van der Waals surface area contributed by atoms with Crippen molar-refractivity contribution in [3.63, 3.8) is 0 Å². The van der Waals surface area contributed by atoms with Crippen LogP contribution in [0.5, 0.6) is 5.75 Å². The highest BCUT2D eigenvalue weighted by molar-refractivity contribution is 5.95. The number of benzene rings is 2. The summed E-state index contributed by atoms with van der Waals surface area (Å²) in [6.07, 6.45) is 0. The summed E-state index contributed by atoms with van der Waals surface area (Å²) in [6, 6.07) is 10.9. The van der Waals surface area contributed by atoms with Crippen molar-refractivity contribution in [3.05, 3.63) is 42.0 Å². The molecule has 0 bridgehead atoms. The lowest BCUT2D eigenvalue weighted by Crippen LogP contribution is -2.08. The lowest BCUT2D eigenvalue weighted by atomic mass is 10.1. The molecular weight excluding hydrogens is 232 g/mol. The maximum absolute atomic E-state index is 11.6. The predicted molar refractivity (Wildman–Crippen MR) is 67.9 cm³/mol. The summed E-state index contributed by atoms with van der Waals surface area (Å²) in [5.74, 6) is 0.347. The molecule has 4 heteroatoms. The Morgan fingerprint density at radius 1 is 1.17 bits per heavy atom. The van der Waals surface area contributed by atoms with Gasteiger partial charge in [-0.05, 0) is 35.0 Å². The largest absolute Gasteiger partial charge is 0.497 e. The zero-order valence-corrected chi connectivity index (χ0v) is 10.1. The van der Waals surface area contributed by atoms with E-state index >= 15 is 0 Å². The second-order valence-electron chi connectivity index (χ2n) is 3.79. The van der Waals surface area contributed by atoms with Crippen molar-refractivity contribution in [3.8, 4) is 5.75 Å². The van der Waals surface area contributed by atoms with E-state index in [2.05, 4.69) is 0 Å². The number of ether oxygens (including phenoxy) is 2. The molecule has 0 heterocycles. The zero-order valence-electron chi connectivity index (χ0n) is 10.1. The first-order chi connectivity index (χ1) is 8.74. The Kier molecular flexibility index (Phi) is 3.79. The van der Waals surface area contributed by atoms with E-state index in [0.717, 1.165) is 16.5 Å². The lowest BCUT2D eigenvalue weighted by Gasteiger charge is -2.05. The van der Waals surface area contributed by atoms with Gasteiger partial charge in [0, 0.05) is 0 Å². The van der Waals surface area contributed by atoms with Gasteiger partial charge in [-0.2, -0.15) is 0 Å². The molecule has 94 valence electrons. The van der Waals surface area contributed by atoms with E-state index in [1.165, 1.54) is 0 Å². The van der Waals surface area contributed by atoms with Crippen LogP contribution in [0.3, 0.4) is 0 Å². The second-order valence-corrected chi connectivity index (χ2v) is 3.79. The number of hydrogen-bond donors (Lipinski definition) is 1. The first-order valence-corrected chi connectivity index (χ1v) is 5.60. The summed E-state index contributed by atoms with van der Waals surface area (Å²) >= 11 is 0. The highest BCUT2D eigenvalue weighted by Crippen LogP contribution is 2.22. The van der Waals surface area contributed by atoms with Crippen LogP contribution in [0.4, 0.5) is 0 Å². The smallest absolute Gasteiger partial charge is 0.338 e. The second kappa shape index (κ2) is 5.51. The fourth-order valence-corrected chi connectivity index (χ4v) is 1.70. The van der Waals surface area contributed by atoms with Crippen molar-refractivity contribution in [2.24, 2.45) is 0 Å². The summed E-state index contributed by atoms with van der Waals surface area (Å²) in [7, 11) is 1.61. The van der Waals surface area contributed by atoms with E-state index in [9.17, 15) is 4.79 Å². The first kappa shape index (κ1) is 12.4. The normalized spacial score (nSPS) is 10.3. The van der Waals surface area contributed by atoms with Crippen LogP contribution in [-0.2, 0) is 4.74 Å². The summed E-state index contributed by atoms with van der Waals surface area (Å²) < 4.78 is 9.99. The van der Waals surface area contributed by atoms with Crippen molar-refractivity contribution in [2.75, 3.05) is 20.3 Å². The Labute approximate surface area is 105 Å². The molecule has 0 amide bonds. The first-order valence-electron chi connectivity index (χ1n) is 5.60. The number of aliphatic hydroxyl groups excluding tert-OH is 1. The summed E-state index contributed by atoms with van der Waals surface area (Å²) in [5, 5.41) is 10.5. The molecule has 1 N–H and O–H groups in total. The third-order valence-electron chi connectivity index (χ3n) is 2.61. The van der Waals surface area contributed by atoms with Gasteiger partial charge in [0.15, 0.2) is 0 Å². The molecule has 18 heavy (non-hydrogen) atoms. The van der Waals surface area contributed by atoms with Gasteiger partial charge in [-0.25, -0.2) is 4.79 Å². The predicted octanol–water partition coefficient (Wildman–Crippen LogP) is 2.00. The number of carbonyl (C=O) groups is 1. The van der Waals surface area contributed by atoms with Gasteiger partial charge in [0.25, 0.3) is 0 Å². The molecule has 0 radical (unpaired) electrons. The fourth-order valence-electron chi connectivity index (χ4n) is 1.70. The van der Waals surface area contributed by atoms with E-state index in [1.54, 1.807) is 19.2 Å². The highest BCUT2D eigenvalue weighted by Gasteiger charge is 2.07. The van der Waals surface area contributed by atoms with E-state index in [-0.39, 0.29) is 13.2 Å². The fraction of sp³-hybridized carbons (Fsp3) is 0.214. The molecule has 0 spiro atoms. The molecule has 2 aromatic carbocycles. The molecule has 0 saturated heterocycles. The number of rotatable bonds is 4.